The molecule has 1 saturated heterocycles. The maximum Gasteiger partial charge on any atom is 0.104 e. The molecule has 1 aliphatic heterocycles. The Morgan fingerprint density at radius 3 is 2.65 bits per heavy atom. The Balaban J connectivity index is 2.26. The van der Waals surface area contributed by atoms with Crippen molar-refractivity contribution in [1.29, 1.82) is 0 Å². The molecule has 0 radical (unpaired) electrons. The Morgan fingerprint density at radius 2 is 2.18 bits per heavy atom. The highest BCUT2D eigenvalue weighted by atomic mass is 35.5. The Hall–Kier alpha value is -0.800. The lowest BCUT2D eigenvalue weighted by molar-refractivity contribution is 0.418. The van der Waals surface area contributed by atoms with Gasteiger partial charge in [0.2, 0.25) is 0 Å². The summed E-state index contributed by atoms with van der Waals surface area (Å²) >= 11 is 11.2. The van der Waals surface area contributed by atoms with Crippen LogP contribution in [0, 0.1) is 5.41 Å². The summed E-state index contributed by atoms with van der Waals surface area (Å²) in [6, 6.07) is 5.80. The minimum Gasteiger partial charge on any atom is -0.389 e. The van der Waals surface area contributed by atoms with E-state index in [4.69, 9.17) is 29.6 Å². The molecule has 0 unspecified atom stereocenters. The molecule has 92 valence electrons. The number of halogens is 1. The highest BCUT2D eigenvalue weighted by Gasteiger charge is 2.30. The summed E-state index contributed by atoms with van der Waals surface area (Å²) in [6.07, 6.45) is 1.19. The molecule has 17 heavy (non-hydrogen) atoms. The Kier molecular flexibility index (Phi) is 3.32. The second-order valence-corrected chi connectivity index (χ2v) is 6.21. The van der Waals surface area contributed by atoms with E-state index < -0.39 is 0 Å². The largest absolute Gasteiger partial charge is 0.389 e. The van der Waals surface area contributed by atoms with E-state index in [-0.39, 0.29) is 0 Å². The number of nitrogens with two attached hydrogens (primary N) is 1. The molecule has 0 amide bonds. The molecular formula is C13H17ClN2S. The molecule has 1 aliphatic rings. The molecule has 0 spiro atoms. The maximum absolute atomic E-state index is 6.29. The third kappa shape index (κ3) is 2.72. The summed E-state index contributed by atoms with van der Waals surface area (Å²) in [5.74, 6) is 0. The van der Waals surface area contributed by atoms with Gasteiger partial charge in [0.1, 0.15) is 4.99 Å². The van der Waals surface area contributed by atoms with Crippen LogP contribution in [0.4, 0.5) is 5.69 Å². The number of nitrogens with zero attached hydrogens (tertiary/aromatic N) is 1. The van der Waals surface area contributed by atoms with Crippen LogP contribution >= 0.6 is 23.8 Å². The van der Waals surface area contributed by atoms with Crippen LogP contribution in [0.25, 0.3) is 0 Å². The van der Waals surface area contributed by atoms with Gasteiger partial charge in [0, 0.05) is 18.7 Å². The molecule has 0 saturated carbocycles. The van der Waals surface area contributed by atoms with Gasteiger partial charge in [-0.3, -0.25) is 0 Å². The lowest BCUT2D eigenvalue weighted by atomic mass is 9.93. The van der Waals surface area contributed by atoms with E-state index in [1.807, 2.05) is 18.2 Å². The van der Waals surface area contributed by atoms with Crippen LogP contribution in [0.2, 0.25) is 5.02 Å². The molecule has 0 bridgehead atoms. The van der Waals surface area contributed by atoms with Crippen LogP contribution in [0.3, 0.4) is 0 Å². The molecule has 1 aromatic carbocycles. The molecule has 0 atom stereocenters. The van der Waals surface area contributed by atoms with Crippen molar-refractivity contribution in [1.82, 2.24) is 0 Å². The number of benzene rings is 1. The summed E-state index contributed by atoms with van der Waals surface area (Å²) in [7, 11) is 0. The standard InChI is InChI=1S/C13H17ClN2S/c1-13(2)5-6-16(8-13)11-4-3-9(12(15)17)7-10(11)14/h3-4,7H,5-6,8H2,1-2H3,(H2,15,17). The first kappa shape index (κ1) is 12.7. The van der Waals surface area contributed by atoms with Crippen LogP contribution in [0.15, 0.2) is 18.2 Å². The average Bonchev–Trinajstić information content (AvgIpc) is 2.58. The molecule has 0 aliphatic carbocycles. The number of rotatable bonds is 2. The fourth-order valence-electron chi connectivity index (χ4n) is 2.23. The number of hydrogen-bond donors (Lipinski definition) is 1. The first-order valence-electron chi connectivity index (χ1n) is 5.73. The first-order valence-corrected chi connectivity index (χ1v) is 6.52. The highest BCUT2D eigenvalue weighted by Crippen LogP contribution is 2.36. The van der Waals surface area contributed by atoms with E-state index in [9.17, 15) is 0 Å². The van der Waals surface area contributed by atoms with Gasteiger partial charge in [-0.2, -0.15) is 0 Å². The van der Waals surface area contributed by atoms with Crippen LogP contribution in [0.1, 0.15) is 25.8 Å². The fourth-order valence-corrected chi connectivity index (χ4v) is 2.66. The lowest BCUT2D eigenvalue weighted by Crippen LogP contribution is -2.23. The Bertz CT molecular complexity index is 457. The summed E-state index contributed by atoms with van der Waals surface area (Å²) in [4.78, 5) is 2.71. The van der Waals surface area contributed by atoms with E-state index in [0.717, 1.165) is 29.4 Å². The molecule has 1 fully saturated rings. The van der Waals surface area contributed by atoms with Crippen molar-refractivity contribution in [2.45, 2.75) is 20.3 Å². The van der Waals surface area contributed by atoms with Crippen LogP contribution < -0.4 is 10.6 Å². The van der Waals surface area contributed by atoms with Crippen molar-refractivity contribution in [2.75, 3.05) is 18.0 Å². The summed E-state index contributed by atoms with van der Waals surface area (Å²) in [5.41, 5.74) is 7.86. The van der Waals surface area contributed by atoms with Gasteiger partial charge in [0.15, 0.2) is 0 Å². The van der Waals surface area contributed by atoms with Crippen molar-refractivity contribution in [3.05, 3.63) is 28.8 Å². The second-order valence-electron chi connectivity index (χ2n) is 5.37. The monoisotopic (exact) mass is 268 g/mol. The molecule has 4 heteroatoms. The minimum absolute atomic E-state index is 0.366. The molecule has 2 rings (SSSR count). The van der Waals surface area contributed by atoms with Gasteiger partial charge in [0.25, 0.3) is 0 Å². The van der Waals surface area contributed by atoms with Crippen molar-refractivity contribution in [3.63, 3.8) is 0 Å². The predicted octanol–water partition coefficient (Wildman–Crippen LogP) is 3.21. The topological polar surface area (TPSA) is 29.3 Å². The average molecular weight is 269 g/mol. The van der Waals surface area contributed by atoms with Crippen LogP contribution in [-0.4, -0.2) is 18.1 Å². The minimum atomic E-state index is 0.366. The predicted molar refractivity (Wildman–Crippen MR) is 78.0 cm³/mol. The van der Waals surface area contributed by atoms with Crippen molar-refractivity contribution in [3.8, 4) is 0 Å². The second kappa shape index (κ2) is 4.46. The zero-order chi connectivity index (χ0) is 12.6. The number of anilines is 1. The van der Waals surface area contributed by atoms with E-state index in [2.05, 4.69) is 18.7 Å². The summed E-state index contributed by atoms with van der Waals surface area (Å²) in [6.45, 7) is 6.66. The van der Waals surface area contributed by atoms with Gasteiger partial charge in [-0.05, 0) is 30.0 Å². The van der Waals surface area contributed by atoms with Gasteiger partial charge in [-0.25, -0.2) is 0 Å². The number of thiocarbonyl (C=S) groups is 1. The quantitative estimate of drug-likeness (QED) is 0.836. The van der Waals surface area contributed by atoms with Gasteiger partial charge in [0.05, 0.1) is 10.7 Å². The van der Waals surface area contributed by atoms with E-state index in [0.29, 0.717) is 10.4 Å². The van der Waals surface area contributed by atoms with E-state index >= 15 is 0 Å². The Morgan fingerprint density at radius 1 is 1.47 bits per heavy atom. The summed E-state index contributed by atoms with van der Waals surface area (Å²) < 4.78 is 0. The third-order valence-corrected chi connectivity index (χ3v) is 3.79. The van der Waals surface area contributed by atoms with Crippen LogP contribution in [-0.2, 0) is 0 Å². The van der Waals surface area contributed by atoms with Gasteiger partial charge in [-0.15, -0.1) is 0 Å². The maximum atomic E-state index is 6.29. The van der Waals surface area contributed by atoms with Crippen molar-refractivity contribution >= 4 is 34.5 Å². The smallest absolute Gasteiger partial charge is 0.104 e. The zero-order valence-corrected chi connectivity index (χ0v) is 11.7. The van der Waals surface area contributed by atoms with Gasteiger partial charge in [-0.1, -0.05) is 37.7 Å². The SMILES string of the molecule is CC1(C)CCN(c2ccc(C(N)=S)cc2Cl)C1. The van der Waals surface area contributed by atoms with E-state index in [1.54, 1.807) is 0 Å². The molecular weight excluding hydrogens is 252 g/mol. The molecule has 0 aromatic heterocycles. The lowest BCUT2D eigenvalue weighted by Gasteiger charge is -2.22. The van der Waals surface area contributed by atoms with Gasteiger partial charge < -0.3 is 10.6 Å². The molecule has 1 aromatic rings. The number of hydrogen-bond acceptors (Lipinski definition) is 2. The first-order chi connectivity index (χ1) is 7.89. The third-order valence-electron chi connectivity index (χ3n) is 3.25. The summed E-state index contributed by atoms with van der Waals surface area (Å²) in [5, 5.41) is 0.730. The molecule has 1 heterocycles. The van der Waals surface area contributed by atoms with Crippen molar-refractivity contribution < 1.29 is 0 Å². The zero-order valence-electron chi connectivity index (χ0n) is 10.2. The van der Waals surface area contributed by atoms with Crippen molar-refractivity contribution in [2.24, 2.45) is 11.1 Å². The highest BCUT2D eigenvalue weighted by molar-refractivity contribution is 7.80. The van der Waals surface area contributed by atoms with E-state index in [1.165, 1.54) is 6.42 Å². The van der Waals surface area contributed by atoms with Gasteiger partial charge >= 0.3 is 0 Å². The normalized spacial score (nSPS) is 18.4. The molecule has 2 N–H and O–H groups in total. The molecule has 2 nitrogen and oxygen atoms in total. The van der Waals surface area contributed by atoms with Crippen LogP contribution in [0.5, 0.6) is 0 Å². The Labute approximate surface area is 113 Å². The fraction of sp³-hybridized carbons (Fsp3) is 0.462.